The van der Waals surface area contributed by atoms with Gasteiger partial charge in [0.15, 0.2) is 6.10 Å². The van der Waals surface area contributed by atoms with Gasteiger partial charge in [-0.05, 0) is 96.3 Å². The van der Waals surface area contributed by atoms with Crippen molar-refractivity contribution in [2.24, 2.45) is 0 Å². The minimum Gasteiger partial charge on any atom is -0.462 e. The van der Waals surface area contributed by atoms with E-state index in [2.05, 4.69) is 106 Å². The molecular weight excluding hydrogens is 1010 g/mol. The summed E-state index contributed by atoms with van der Waals surface area (Å²) in [5, 5.41) is 0. The van der Waals surface area contributed by atoms with Crippen molar-refractivity contribution in [3.8, 4) is 0 Å². The quantitative estimate of drug-likeness (QED) is 0.0261. The van der Waals surface area contributed by atoms with Crippen LogP contribution in [0.5, 0.6) is 0 Å². The summed E-state index contributed by atoms with van der Waals surface area (Å²) >= 11 is 0. The molecule has 0 aliphatic heterocycles. The summed E-state index contributed by atoms with van der Waals surface area (Å²) in [7, 11) is 0. The standard InChI is InChI=1S/C76H134O6/c1-4-7-10-13-16-18-20-22-24-26-28-30-32-34-36-37-38-39-41-42-44-46-48-50-52-54-56-58-60-63-66-69-75(78)81-72-73(71-80-74(77)68-65-62-15-12-9-6-3)82-76(79)70-67-64-61-59-57-55-53-51-49-47-45-43-40-35-33-31-29-27-25-23-21-19-17-14-11-8-5-2/h8,11,17,19-20,22-23,25-26,28-29,31-32,34,73H,4-7,9-10,12-16,18,21,24,27,30,33,35-72H2,1-3H3/b11-8-,19-17-,22-20-,25-23-,28-26-,31-29-,34-32-. The topological polar surface area (TPSA) is 78.9 Å². The Morgan fingerprint density at radius 2 is 0.476 bits per heavy atom. The second-order valence-electron chi connectivity index (χ2n) is 23.8. The third-order valence-electron chi connectivity index (χ3n) is 15.6. The van der Waals surface area contributed by atoms with Crippen LogP contribution in [-0.4, -0.2) is 37.2 Å². The molecule has 6 nitrogen and oxygen atoms in total. The van der Waals surface area contributed by atoms with E-state index in [1.807, 2.05) is 0 Å². The predicted molar refractivity (Wildman–Crippen MR) is 358 cm³/mol. The lowest BCUT2D eigenvalue weighted by Gasteiger charge is -2.18. The Morgan fingerprint density at radius 1 is 0.256 bits per heavy atom. The molecule has 0 aromatic heterocycles. The van der Waals surface area contributed by atoms with E-state index < -0.39 is 6.10 Å². The van der Waals surface area contributed by atoms with Crippen molar-refractivity contribution >= 4 is 17.9 Å². The highest BCUT2D eigenvalue weighted by Gasteiger charge is 2.19. The van der Waals surface area contributed by atoms with Crippen molar-refractivity contribution in [3.05, 3.63) is 85.1 Å². The monoisotopic (exact) mass is 1140 g/mol. The number of rotatable bonds is 65. The molecular formula is C76H134O6. The lowest BCUT2D eigenvalue weighted by molar-refractivity contribution is -0.167. The molecule has 0 aromatic rings. The van der Waals surface area contributed by atoms with Crippen LogP contribution in [0.1, 0.15) is 361 Å². The zero-order valence-electron chi connectivity index (χ0n) is 54.5. The van der Waals surface area contributed by atoms with Crippen LogP contribution in [0.2, 0.25) is 0 Å². The molecule has 0 spiro atoms. The van der Waals surface area contributed by atoms with Gasteiger partial charge < -0.3 is 14.2 Å². The van der Waals surface area contributed by atoms with Gasteiger partial charge in [0, 0.05) is 19.3 Å². The van der Waals surface area contributed by atoms with Gasteiger partial charge in [0.25, 0.3) is 0 Å². The molecule has 0 amide bonds. The van der Waals surface area contributed by atoms with Crippen LogP contribution in [0.15, 0.2) is 85.1 Å². The summed E-state index contributed by atoms with van der Waals surface area (Å²) in [6.07, 6.45) is 93.7. The fourth-order valence-corrected chi connectivity index (χ4v) is 10.3. The van der Waals surface area contributed by atoms with Gasteiger partial charge in [-0.1, -0.05) is 331 Å². The number of allylic oxidation sites excluding steroid dienone is 14. The lowest BCUT2D eigenvalue weighted by atomic mass is 10.0. The van der Waals surface area contributed by atoms with Crippen molar-refractivity contribution < 1.29 is 28.6 Å². The molecule has 82 heavy (non-hydrogen) atoms. The van der Waals surface area contributed by atoms with E-state index in [0.29, 0.717) is 19.3 Å². The number of carbonyl (C=O) groups is 3. The molecule has 474 valence electrons. The molecule has 0 aliphatic carbocycles. The lowest BCUT2D eigenvalue weighted by Crippen LogP contribution is -2.30. The Balaban J connectivity index is 4.00. The average Bonchev–Trinajstić information content (AvgIpc) is 3.47. The maximum Gasteiger partial charge on any atom is 0.306 e. The van der Waals surface area contributed by atoms with Crippen molar-refractivity contribution in [1.29, 1.82) is 0 Å². The molecule has 0 saturated carbocycles. The second-order valence-corrected chi connectivity index (χ2v) is 23.8. The minimum atomic E-state index is -0.773. The zero-order valence-corrected chi connectivity index (χ0v) is 54.5. The van der Waals surface area contributed by atoms with E-state index in [4.69, 9.17) is 14.2 Å². The zero-order chi connectivity index (χ0) is 59.2. The Bertz CT molecular complexity index is 1550. The van der Waals surface area contributed by atoms with Gasteiger partial charge in [0.05, 0.1) is 0 Å². The van der Waals surface area contributed by atoms with Crippen LogP contribution in [0.25, 0.3) is 0 Å². The molecule has 1 unspecified atom stereocenters. The van der Waals surface area contributed by atoms with Crippen LogP contribution < -0.4 is 0 Å². The predicted octanol–water partition coefficient (Wildman–Crippen LogP) is 24.6. The molecule has 0 bridgehead atoms. The van der Waals surface area contributed by atoms with Crippen LogP contribution in [0.3, 0.4) is 0 Å². The summed E-state index contributed by atoms with van der Waals surface area (Å²) in [6, 6.07) is 0. The molecule has 0 heterocycles. The maximum absolute atomic E-state index is 12.9. The van der Waals surface area contributed by atoms with Crippen LogP contribution in [0.4, 0.5) is 0 Å². The second kappa shape index (κ2) is 70.1. The highest BCUT2D eigenvalue weighted by molar-refractivity contribution is 5.71. The molecule has 0 saturated heterocycles. The Morgan fingerprint density at radius 3 is 0.744 bits per heavy atom. The summed E-state index contributed by atoms with van der Waals surface area (Å²) < 4.78 is 16.9. The summed E-state index contributed by atoms with van der Waals surface area (Å²) in [5.41, 5.74) is 0. The fraction of sp³-hybridized carbons (Fsp3) is 0.776. The molecule has 6 heteroatoms. The molecule has 1 atom stereocenters. The Labute approximate surface area is 509 Å². The number of unbranched alkanes of at least 4 members (excludes halogenated alkanes) is 40. The van der Waals surface area contributed by atoms with Crippen LogP contribution in [-0.2, 0) is 28.6 Å². The van der Waals surface area contributed by atoms with E-state index in [0.717, 1.165) is 96.3 Å². The highest BCUT2D eigenvalue weighted by atomic mass is 16.6. The van der Waals surface area contributed by atoms with E-state index in [9.17, 15) is 14.4 Å². The number of carbonyl (C=O) groups excluding carboxylic acids is 3. The number of esters is 3. The number of hydrogen-bond acceptors (Lipinski definition) is 6. The summed E-state index contributed by atoms with van der Waals surface area (Å²) in [5.74, 6) is -0.866. The molecule has 0 aromatic carbocycles. The third-order valence-corrected chi connectivity index (χ3v) is 15.6. The Kier molecular flexibility index (Phi) is 67.2. The van der Waals surface area contributed by atoms with Crippen molar-refractivity contribution in [2.75, 3.05) is 13.2 Å². The first-order valence-corrected chi connectivity index (χ1v) is 35.6. The van der Waals surface area contributed by atoms with Crippen LogP contribution >= 0.6 is 0 Å². The number of ether oxygens (including phenoxy) is 3. The maximum atomic E-state index is 12.9. The van der Waals surface area contributed by atoms with Gasteiger partial charge in [-0.15, -0.1) is 0 Å². The SMILES string of the molecule is CC/C=C\C/C=C\C/C=C\C/C=C\CCCCCCCCCCCCCCCCC(=O)OC(COC(=O)CCCCCCCC)COC(=O)CCCCCCCCCCCCCCCCCC/C=C\C/C=C\C/C=C\CCCCCCC. The van der Waals surface area contributed by atoms with Gasteiger partial charge >= 0.3 is 17.9 Å². The fourth-order valence-electron chi connectivity index (χ4n) is 10.3. The normalized spacial score (nSPS) is 12.6. The molecule has 0 N–H and O–H groups in total. The van der Waals surface area contributed by atoms with Gasteiger partial charge in [0.1, 0.15) is 13.2 Å². The van der Waals surface area contributed by atoms with E-state index >= 15 is 0 Å². The molecule has 0 rings (SSSR count). The van der Waals surface area contributed by atoms with E-state index in [-0.39, 0.29) is 31.1 Å². The Hall–Kier alpha value is -3.41. The average molecular weight is 1140 g/mol. The minimum absolute atomic E-state index is 0.0725. The smallest absolute Gasteiger partial charge is 0.306 e. The first kappa shape index (κ1) is 78.6. The summed E-state index contributed by atoms with van der Waals surface area (Å²) in [6.45, 7) is 6.50. The van der Waals surface area contributed by atoms with Gasteiger partial charge in [0.2, 0.25) is 0 Å². The first-order valence-electron chi connectivity index (χ1n) is 35.6. The largest absolute Gasteiger partial charge is 0.462 e. The van der Waals surface area contributed by atoms with Gasteiger partial charge in [-0.3, -0.25) is 14.4 Å². The van der Waals surface area contributed by atoms with Gasteiger partial charge in [-0.25, -0.2) is 0 Å². The summed E-state index contributed by atoms with van der Waals surface area (Å²) in [4.78, 5) is 38.1. The van der Waals surface area contributed by atoms with Crippen LogP contribution in [0, 0.1) is 0 Å². The first-order chi connectivity index (χ1) is 40.5. The molecule has 0 fully saturated rings. The van der Waals surface area contributed by atoms with Crippen molar-refractivity contribution in [2.45, 2.75) is 367 Å². The number of hydrogen-bond donors (Lipinski definition) is 0. The highest BCUT2D eigenvalue weighted by Crippen LogP contribution is 2.18. The molecule has 0 aliphatic rings. The van der Waals surface area contributed by atoms with Crippen molar-refractivity contribution in [1.82, 2.24) is 0 Å². The van der Waals surface area contributed by atoms with E-state index in [1.54, 1.807) is 0 Å². The molecule has 0 radical (unpaired) electrons. The third kappa shape index (κ3) is 67.4. The van der Waals surface area contributed by atoms with Crippen molar-refractivity contribution in [3.63, 3.8) is 0 Å². The van der Waals surface area contributed by atoms with E-state index in [1.165, 1.54) is 225 Å². The van der Waals surface area contributed by atoms with Gasteiger partial charge in [-0.2, -0.15) is 0 Å².